The monoisotopic (exact) mass is 386 g/mol. The third-order valence-corrected chi connectivity index (χ3v) is 4.81. The standard InChI is InChI=1S/C25H26N2O2/c1-17-13-18(2)25(19(3)14-17)27-24(29)16-26-23(28)15-20-9-11-22(12-10-20)21-7-5-4-6-8-21/h4-14H,15-16H2,1-3H3,(H,26,28)(H,27,29). The molecule has 0 bridgehead atoms. The van der Waals surface area contributed by atoms with Crippen LogP contribution in [-0.2, 0) is 16.0 Å². The predicted octanol–water partition coefficient (Wildman–Crippen LogP) is 4.58. The van der Waals surface area contributed by atoms with Crippen LogP contribution in [0.1, 0.15) is 22.3 Å². The first-order valence-electron chi connectivity index (χ1n) is 9.71. The molecule has 3 rings (SSSR count). The summed E-state index contributed by atoms with van der Waals surface area (Å²) in [4.78, 5) is 24.4. The number of nitrogens with one attached hydrogen (secondary N) is 2. The van der Waals surface area contributed by atoms with Gasteiger partial charge in [0.1, 0.15) is 0 Å². The normalized spacial score (nSPS) is 10.4. The minimum absolute atomic E-state index is 0.0479. The van der Waals surface area contributed by atoms with Gasteiger partial charge in [0.15, 0.2) is 0 Å². The van der Waals surface area contributed by atoms with Crippen molar-refractivity contribution in [3.05, 3.63) is 89.0 Å². The van der Waals surface area contributed by atoms with Crippen LogP contribution in [0, 0.1) is 20.8 Å². The lowest BCUT2D eigenvalue weighted by Gasteiger charge is -2.13. The van der Waals surface area contributed by atoms with E-state index in [1.54, 1.807) is 0 Å². The molecule has 148 valence electrons. The fourth-order valence-electron chi connectivity index (χ4n) is 3.43. The number of hydrogen-bond acceptors (Lipinski definition) is 2. The van der Waals surface area contributed by atoms with Crippen LogP contribution in [0.25, 0.3) is 11.1 Å². The van der Waals surface area contributed by atoms with Gasteiger partial charge in [0.25, 0.3) is 0 Å². The number of carbonyl (C=O) groups is 2. The number of anilines is 1. The molecule has 0 radical (unpaired) electrons. The predicted molar refractivity (Wildman–Crippen MR) is 118 cm³/mol. The topological polar surface area (TPSA) is 58.2 Å². The molecular formula is C25H26N2O2. The minimum Gasteiger partial charge on any atom is -0.347 e. The van der Waals surface area contributed by atoms with Crippen LogP contribution in [0.3, 0.4) is 0 Å². The molecule has 3 aromatic rings. The molecule has 4 nitrogen and oxygen atoms in total. The van der Waals surface area contributed by atoms with E-state index >= 15 is 0 Å². The van der Waals surface area contributed by atoms with Crippen molar-refractivity contribution in [1.82, 2.24) is 5.32 Å². The van der Waals surface area contributed by atoms with Crippen molar-refractivity contribution in [2.45, 2.75) is 27.2 Å². The molecule has 0 unspecified atom stereocenters. The second kappa shape index (κ2) is 9.20. The summed E-state index contributed by atoms with van der Waals surface area (Å²) in [5.41, 5.74) is 7.16. The molecule has 0 aromatic heterocycles. The molecule has 4 heteroatoms. The highest BCUT2D eigenvalue weighted by molar-refractivity contribution is 5.96. The van der Waals surface area contributed by atoms with Gasteiger partial charge in [0.2, 0.25) is 11.8 Å². The Morgan fingerprint density at radius 3 is 1.97 bits per heavy atom. The van der Waals surface area contributed by atoms with Crippen molar-refractivity contribution in [3.8, 4) is 11.1 Å². The van der Waals surface area contributed by atoms with Gasteiger partial charge in [-0.05, 0) is 48.6 Å². The number of hydrogen-bond donors (Lipinski definition) is 2. The van der Waals surface area contributed by atoms with E-state index in [9.17, 15) is 9.59 Å². The summed E-state index contributed by atoms with van der Waals surface area (Å²) in [5, 5.41) is 5.59. The average molecular weight is 386 g/mol. The van der Waals surface area contributed by atoms with Gasteiger partial charge in [-0.15, -0.1) is 0 Å². The molecule has 0 spiro atoms. The first kappa shape index (κ1) is 20.3. The van der Waals surface area contributed by atoms with E-state index in [1.165, 1.54) is 0 Å². The summed E-state index contributed by atoms with van der Waals surface area (Å²) in [5.74, 6) is -0.405. The molecule has 3 aromatic carbocycles. The van der Waals surface area contributed by atoms with Gasteiger partial charge in [-0.25, -0.2) is 0 Å². The Morgan fingerprint density at radius 1 is 0.759 bits per heavy atom. The Balaban J connectivity index is 1.51. The highest BCUT2D eigenvalue weighted by Crippen LogP contribution is 2.22. The lowest BCUT2D eigenvalue weighted by Crippen LogP contribution is -2.34. The molecule has 0 saturated heterocycles. The molecule has 0 fully saturated rings. The van der Waals surface area contributed by atoms with E-state index < -0.39 is 0 Å². The lowest BCUT2D eigenvalue weighted by atomic mass is 10.0. The first-order valence-corrected chi connectivity index (χ1v) is 9.71. The lowest BCUT2D eigenvalue weighted by molar-refractivity contribution is -0.123. The molecule has 0 aliphatic rings. The molecule has 0 heterocycles. The van der Waals surface area contributed by atoms with Crippen LogP contribution >= 0.6 is 0 Å². The van der Waals surface area contributed by atoms with Gasteiger partial charge in [-0.2, -0.15) is 0 Å². The maximum absolute atomic E-state index is 12.2. The van der Waals surface area contributed by atoms with Crippen LogP contribution in [0.15, 0.2) is 66.7 Å². The van der Waals surface area contributed by atoms with Gasteiger partial charge >= 0.3 is 0 Å². The fraction of sp³-hybridized carbons (Fsp3) is 0.200. The second-order valence-electron chi connectivity index (χ2n) is 7.34. The van der Waals surface area contributed by atoms with Crippen molar-refractivity contribution in [2.75, 3.05) is 11.9 Å². The van der Waals surface area contributed by atoms with E-state index in [4.69, 9.17) is 0 Å². The van der Waals surface area contributed by atoms with Crippen molar-refractivity contribution in [3.63, 3.8) is 0 Å². The Bertz CT molecular complexity index is 986. The zero-order chi connectivity index (χ0) is 20.8. The molecule has 0 aliphatic heterocycles. The molecule has 2 N–H and O–H groups in total. The van der Waals surface area contributed by atoms with E-state index in [0.29, 0.717) is 0 Å². The van der Waals surface area contributed by atoms with Crippen molar-refractivity contribution in [1.29, 1.82) is 0 Å². The van der Waals surface area contributed by atoms with Crippen LogP contribution in [0.5, 0.6) is 0 Å². The van der Waals surface area contributed by atoms with Crippen molar-refractivity contribution < 1.29 is 9.59 Å². The SMILES string of the molecule is Cc1cc(C)c(NC(=O)CNC(=O)Cc2ccc(-c3ccccc3)cc2)c(C)c1. The Hall–Kier alpha value is -3.40. The van der Waals surface area contributed by atoms with E-state index in [0.717, 1.165) is 39.1 Å². The highest BCUT2D eigenvalue weighted by atomic mass is 16.2. The molecule has 0 aliphatic carbocycles. The average Bonchev–Trinajstić information content (AvgIpc) is 2.70. The minimum atomic E-state index is -0.229. The largest absolute Gasteiger partial charge is 0.347 e. The first-order chi connectivity index (χ1) is 13.9. The molecule has 0 atom stereocenters. The molecular weight excluding hydrogens is 360 g/mol. The smallest absolute Gasteiger partial charge is 0.243 e. The number of carbonyl (C=O) groups excluding carboxylic acids is 2. The van der Waals surface area contributed by atoms with Gasteiger partial charge < -0.3 is 10.6 Å². The van der Waals surface area contributed by atoms with Crippen LogP contribution in [-0.4, -0.2) is 18.4 Å². The third kappa shape index (κ3) is 5.55. The van der Waals surface area contributed by atoms with Gasteiger partial charge in [-0.1, -0.05) is 72.3 Å². The number of aryl methyl sites for hydroxylation is 3. The maximum atomic E-state index is 12.2. The van der Waals surface area contributed by atoms with Crippen LogP contribution in [0.4, 0.5) is 5.69 Å². The van der Waals surface area contributed by atoms with Crippen molar-refractivity contribution >= 4 is 17.5 Å². The van der Waals surface area contributed by atoms with Crippen molar-refractivity contribution in [2.24, 2.45) is 0 Å². The highest BCUT2D eigenvalue weighted by Gasteiger charge is 2.10. The summed E-state index contributed by atoms with van der Waals surface area (Å²) in [7, 11) is 0. The maximum Gasteiger partial charge on any atom is 0.243 e. The number of rotatable bonds is 6. The fourth-order valence-corrected chi connectivity index (χ4v) is 3.43. The summed E-state index contributed by atoms with van der Waals surface area (Å²) in [6.45, 7) is 5.91. The van der Waals surface area contributed by atoms with Gasteiger partial charge in [-0.3, -0.25) is 9.59 Å². The summed E-state index contributed by atoms with van der Waals surface area (Å²) in [6.07, 6.45) is 0.241. The Morgan fingerprint density at radius 2 is 1.34 bits per heavy atom. The zero-order valence-electron chi connectivity index (χ0n) is 17.1. The number of amides is 2. The van der Waals surface area contributed by atoms with Crippen LogP contribution in [0.2, 0.25) is 0 Å². The third-order valence-electron chi connectivity index (χ3n) is 4.81. The Kier molecular flexibility index (Phi) is 6.45. The van der Waals surface area contributed by atoms with E-state index in [2.05, 4.69) is 22.8 Å². The van der Waals surface area contributed by atoms with Gasteiger partial charge in [0, 0.05) is 5.69 Å². The van der Waals surface area contributed by atoms with Gasteiger partial charge in [0.05, 0.1) is 13.0 Å². The quantitative estimate of drug-likeness (QED) is 0.652. The molecule has 0 saturated carbocycles. The number of benzene rings is 3. The van der Waals surface area contributed by atoms with Crippen LogP contribution < -0.4 is 10.6 Å². The summed E-state index contributed by atoms with van der Waals surface area (Å²) >= 11 is 0. The molecule has 2 amide bonds. The second-order valence-corrected chi connectivity index (χ2v) is 7.34. The zero-order valence-corrected chi connectivity index (χ0v) is 17.1. The van der Waals surface area contributed by atoms with E-state index in [-0.39, 0.29) is 24.8 Å². The Labute approximate surface area is 172 Å². The summed E-state index contributed by atoms with van der Waals surface area (Å²) in [6, 6.07) is 22.1. The molecule has 29 heavy (non-hydrogen) atoms. The van der Waals surface area contributed by atoms with E-state index in [1.807, 2.05) is 75.4 Å². The summed E-state index contributed by atoms with van der Waals surface area (Å²) < 4.78 is 0.